The number of carbonyl (C=O) groups excluding carboxylic acids is 1. The summed E-state index contributed by atoms with van der Waals surface area (Å²) >= 11 is 0. The molecule has 0 aliphatic carbocycles. The van der Waals surface area contributed by atoms with Crippen LogP contribution < -0.4 is 20.5 Å². The topological polar surface area (TPSA) is 73.6 Å². The van der Waals surface area contributed by atoms with Gasteiger partial charge in [0.05, 0.1) is 19.8 Å². The molecule has 0 saturated carbocycles. The van der Waals surface area contributed by atoms with Crippen molar-refractivity contribution >= 4 is 17.3 Å². The highest BCUT2D eigenvalue weighted by Gasteiger charge is 2.11. The van der Waals surface area contributed by atoms with Crippen molar-refractivity contribution in [2.45, 2.75) is 0 Å². The maximum absolute atomic E-state index is 12.1. The van der Waals surface area contributed by atoms with E-state index < -0.39 is 0 Å². The Labute approximate surface area is 117 Å². The lowest BCUT2D eigenvalue weighted by atomic mass is 10.1. The SMILES string of the molecule is COc1ccc(NC(=O)c2ccccc2N)cc1OC. The summed E-state index contributed by atoms with van der Waals surface area (Å²) in [5.41, 5.74) is 7.25. The molecular formula is C15H16N2O3. The molecule has 2 rings (SSSR count). The number of para-hydroxylation sites is 1. The van der Waals surface area contributed by atoms with E-state index >= 15 is 0 Å². The predicted molar refractivity (Wildman–Crippen MR) is 78.4 cm³/mol. The molecule has 20 heavy (non-hydrogen) atoms. The number of nitrogen functional groups attached to an aromatic ring is 1. The fourth-order valence-corrected chi connectivity index (χ4v) is 1.82. The number of anilines is 2. The van der Waals surface area contributed by atoms with Crippen LogP contribution in [0, 0.1) is 0 Å². The molecule has 1 amide bonds. The van der Waals surface area contributed by atoms with Gasteiger partial charge in [-0.15, -0.1) is 0 Å². The van der Waals surface area contributed by atoms with Gasteiger partial charge in [0.25, 0.3) is 5.91 Å². The summed E-state index contributed by atoms with van der Waals surface area (Å²) < 4.78 is 10.3. The standard InChI is InChI=1S/C15H16N2O3/c1-19-13-8-7-10(9-14(13)20-2)17-15(18)11-5-3-4-6-12(11)16/h3-9H,16H2,1-2H3,(H,17,18). The first-order valence-corrected chi connectivity index (χ1v) is 6.03. The summed E-state index contributed by atoms with van der Waals surface area (Å²) in [6.07, 6.45) is 0. The molecule has 0 spiro atoms. The van der Waals surface area contributed by atoms with Crippen LogP contribution in [0.5, 0.6) is 11.5 Å². The Hall–Kier alpha value is -2.69. The van der Waals surface area contributed by atoms with Crippen LogP contribution in [-0.2, 0) is 0 Å². The lowest BCUT2D eigenvalue weighted by molar-refractivity contribution is 0.102. The lowest BCUT2D eigenvalue weighted by Crippen LogP contribution is -2.13. The zero-order valence-corrected chi connectivity index (χ0v) is 11.3. The minimum absolute atomic E-state index is 0.268. The zero-order valence-electron chi connectivity index (χ0n) is 11.3. The second-order valence-corrected chi connectivity index (χ2v) is 4.11. The zero-order chi connectivity index (χ0) is 14.5. The fourth-order valence-electron chi connectivity index (χ4n) is 1.82. The van der Waals surface area contributed by atoms with Crippen molar-refractivity contribution in [3.05, 3.63) is 48.0 Å². The summed E-state index contributed by atoms with van der Waals surface area (Å²) in [7, 11) is 3.10. The van der Waals surface area contributed by atoms with Gasteiger partial charge >= 0.3 is 0 Å². The average Bonchev–Trinajstić information content (AvgIpc) is 2.47. The Morgan fingerprint density at radius 1 is 1.05 bits per heavy atom. The molecule has 3 N–H and O–H groups in total. The summed E-state index contributed by atoms with van der Waals surface area (Å²) in [5.74, 6) is 0.881. The van der Waals surface area contributed by atoms with Gasteiger partial charge in [-0.1, -0.05) is 12.1 Å². The first-order valence-electron chi connectivity index (χ1n) is 6.03. The van der Waals surface area contributed by atoms with Gasteiger partial charge in [-0.05, 0) is 24.3 Å². The minimum Gasteiger partial charge on any atom is -0.493 e. The molecule has 0 saturated heterocycles. The van der Waals surface area contributed by atoms with E-state index in [4.69, 9.17) is 15.2 Å². The first kappa shape index (κ1) is 13.7. The minimum atomic E-state index is -0.268. The quantitative estimate of drug-likeness (QED) is 0.839. The third kappa shape index (κ3) is 2.83. The third-order valence-corrected chi connectivity index (χ3v) is 2.85. The summed E-state index contributed by atoms with van der Waals surface area (Å²) in [4.78, 5) is 12.1. The molecule has 0 aromatic heterocycles. The van der Waals surface area contributed by atoms with Gasteiger partial charge in [-0.2, -0.15) is 0 Å². The highest BCUT2D eigenvalue weighted by atomic mass is 16.5. The predicted octanol–water partition coefficient (Wildman–Crippen LogP) is 2.54. The molecule has 104 valence electrons. The molecule has 0 radical (unpaired) electrons. The van der Waals surface area contributed by atoms with E-state index in [-0.39, 0.29) is 5.91 Å². The van der Waals surface area contributed by atoms with Gasteiger partial charge < -0.3 is 20.5 Å². The number of rotatable bonds is 4. The summed E-state index contributed by atoms with van der Waals surface area (Å²) in [6, 6.07) is 12.0. The number of hydrogen-bond acceptors (Lipinski definition) is 4. The van der Waals surface area contributed by atoms with Crippen molar-refractivity contribution in [1.29, 1.82) is 0 Å². The van der Waals surface area contributed by atoms with Crippen LogP contribution >= 0.6 is 0 Å². The Morgan fingerprint density at radius 3 is 2.40 bits per heavy atom. The molecule has 0 heterocycles. The van der Waals surface area contributed by atoms with Crippen molar-refractivity contribution in [1.82, 2.24) is 0 Å². The molecule has 0 unspecified atom stereocenters. The lowest BCUT2D eigenvalue weighted by Gasteiger charge is -2.11. The number of methoxy groups -OCH3 is 2. The normalized spacial score (nSPS) is 9.90. The van der Waals surface area contributed by atoms with Crippen LogP contribution in [-0.4, -0.2) is 20.1 Å². The molecule has 2 aromatic carbocycles. The molecule has 0 bridgehead atoms. The van der Waals surface area contributed by atoms with Crippen LogP contribution in [0.2, 0.25) is 0 Å². The van der Waals surface area contributed by atoms with Crippen LogP contribution in [0.1, 0.15) is 10.4 Å². The number of carbonyl (C=O) groups is 1. The number of benzene rings is 2. The van der Waals surface area contributed by atoms with Crippen molar-refractivity contribution in [3.8, 4) is 11.5 Å². The fraction of sp³-hybridized carbons (Fsp3) is 0.133. The highest BCUT2D eigenvalue weighted by molar-refractivity contribution is 6.07. The average molecular weight is 272 g/mol. The monoisotopic (exact) mass is 272 g/mol. The second-order valence-electron chi connectivity index (χ2n) is 4.11. The van der Waals surface area contributed by atoms with Gasteiger partial charge in [0, 0.05) is 17.4 Å². The maximum Gasteiger partial charge on any atom is 0.257 e. The molecular weight excluding hydrogens is 256 g/mol. The Bertz CT molecular complexity index is 626. The largest absolute Gasteiger partial charge is 0.493 e. The Morgan fingerprint density at radius 2 is 1.75 bits per heavy atom. The van der Waals surface area contributed by atoms with E-state index in [1.165, 1.54) is 0 Å². The first-order chi connectivity index (χ1) is 9.65. The summed E-state index contributed by atoms with van der Waals surface area (Å²) in [6.45, 7) is 0. The van der Waals surface area contributed by atoms with Gasteiger partial charge in [0.1, 0.15) is 0 Å². The molecule has 0 aliphatic heterocycles. The molecule has 0 atom stereocenters. The molecule has 5 heteroatoms. The maximum atomic E-state index is 12.1. The number of nitrogens with one attached hydrogen (secondary N) is 1. The summed E-state index contributed by atoms with van der Waals surface area (Å²) in [5, 5.41) is 2.77. The molecule has 2 aromatic rings. The van der Waals surface area contributed by atoms with Crippen LogP contribution in [0.3, 0.4) is 0 Å². The Balaban J connectivity index is 2.22. The molecule has 0 aliphatic rings. The van der Waals surface area contributed by atoms with Crippen LogP contribution in [0.15, 0.2) is 42.5 Å². The van der Waals surface area contributed by atoms with E-state index in [1.807, 2.05) is 0 Å². The van der Waals surface area contributed by atoms with Crippen LogP contribution in [0.4, 0.5) is 11.4 Å². The van der Waals surface area contributed by atoms with E-state index in [9.17, 15) is 4.79 Å². The van der Waals surface area contributed by atoms with E-state index in [0.29, 0.717) is 28.4 Å². The van der Waals surface area contributed by atoms with Crippen molar-refractivity contribution in [2.24, 2.45) is 0 Å². The van der Waals surface area contributed by atoms with E-state index in [0.717, 1.165) is 0 Å². The van der Waals surface area contributed by atoms with Gasteiger partial charge in [0.2, 0.25) is 0 Å². The number of amides is 1. The van der Waals surface area contributed by atoms with E-state index in [2.05, 4.69) is 5.32 Å². The second kappa shape index (κ2) is 5.97. The van der Waals surface area contributed by atoms with E-state index in [1.54, 1.807) is 56.7 Å². The van der Waals surface area contributed by atoms with Gasteiger partial charge in [0.15, 0.2) is 11.5 Å². The number of hydrogen-bond donors (Lipinski definition) is 2. The van der Waals surface area contributed by atoms with Gasteiger partial charge in [-0.25, -0.2) is 0 Å². The van der Waals surface area contributed by atoms with Gasteiger partial charge in [-0.3, -0.25) is 4.79 Å². The third-order valence-electron chi connectivity index (χ3n) is 2.85. The van der Waals surface area contributed by atoms with Crippen LogP contribution in [0.25, 0.3) is 0 Å². The van der Waals surface area contributed by atoms with Crippen molar-refractivity contribution in [2.75, 3.05) is 25.3 Å². The smallest absolute Gasteiger partial charge is 0.257 e. The highest BCUT2D eigenvalue weighted by Crippen LogP contribution is 2.30. The number of ether oxygens (including phenoxy) is 2. The number of nitrogens with two attached hydrogens (primary N) is 1. The van der Waals surface area contributed by atoms with Crippen molar-refractivity contribution in [3.63, 3.8) is 0 Å². The Kier molecular flexibility index (Phi) is 4.10. The molecule has 5 nitrogen and oxygen atoms in total. The van der Waals surface area contributed by atoms with Crippen molar-refractivity contribution < 1.29 is 14.3 Å². The molecule has 0 fully saturated rings.